The molecule has 0 bridgehead atoms. The second-order valence-corrected chi connectivity index (χ2v) is 5.96. The summed E-state index contributed by atoms with van der Waals surface area (Å²) in [7, 11) is 2.22. The molecule has 2 fully saturated rings. The first-order chi connectivity index (χ1) is 9.31. The number of rotatable bonds is 6. The molecule has 3 heteroatoms. The van der Waals surface area contributed by atoms with Gasteiger partial charge in [-0.2, -0.15) is 0 Å². The van der Waals surface area contributed by atoms with Crippen molar-refractivity contribution in [3.63, 3.8) is 0 Å². The second-order valence-electron chi connectivity index (χ2n) is 5.96. The number of nitrogens with one attached hydrogen (secondary N) is 1. The van der Waals surface area contributed by atoms with Crippen LogP contribution in [0.3, 0.4) is 0 Å². The molecule has 0 spiro atoms. The number of likely N-dealkylation sites (N-methyl/N-ethyl adjacent to an activating group) is 1. The van der Waals surface area contributed by atoms with E-state index < -0.39 is 0 Å². The number of ether oxygens (including phenoxy) is 1. The zero-order valence-electron chi connectivity index (χ0n) is 11.8. The molecule has 1 saturated heterocycles. The summed E-state index contributed by atoms with van der Waals surface area (Å²) in [6, 6.07) is 9.30. The first kappa shape index (κ1) is 12.9. The highest BCUT2D eigenvalue weighted by Crippen LogP contribution is 2.29. The maximum absolute atomic E-state index is 5.77. The molecule has 0 amide bonds. The van der Waals surface area contributed by atoms with Crippen LogP contribution in [0.5, 0.6) is 5.75 Å². The van der Waals surface area contributed by atoms with Gasteiger partial charge in [0, 0.05) is 19.1 Å². The first-order valence-corrected chi connectivity index (χ1v) is 7.44. The molecular weight excluding hydrogens is 236 g/mol. The van der Waals surface area contributed by atoms with Gasteiger partial charge in [-0.05, 0) is 56.5 Å². The van der Waals surface area contributed by atoms with Crippen LogP contribution in [0, 0.1) is 5.92 Å². The maximum Gasteiger partial charge on any atom is 0.119 e. The average molecular weight is 260 g/mol. The fourth-order valence-corrected chi connectivity index (χ4v) is 2.62. The topological polar surface area (TPSA) is 24.5 Å². The Labute approximate surface area is 115 Å². The van der Waals surface area contributed by atoms with E-state index in [9.17, 15) is 0 Å². The fraction of sp³-hybridized carbons (Fsp3) is 0.625. The summed E-state index contributed by atoms with van der Waals surface area (Å²) in [5.41, 5.74) is 1.37. The Morgan fingerprint density at radius 2 is 2.00 bits per heavy atom. The third-order valence-corrected chi connectivity index (χ3v) is 4.20. The van der Waals surface area contributed by atoms with E-state index in [0.29, 0.717) is 6.04 Å². The van der Waals surface area contributed by atoms with Crippen LogP contribution in [0.15, 0.2) is 24.3 Å². The summed E-state index contributed by atoms with van der Waals surface area (Å²) in [5, 5.41) is 3.42. The number of hydrogen-bond acceptors (Lipinski definition) is 3. The van der Waals surface area contributed by atoms with Crippen molar-refractivity contribution >= 4 is 0 Å². The van der Waals surface area contributed by atoms with Crippen LogP contribution in [-0.4, -0.2) is 37.7 Å². The lowest BCUT2D eigenvalue weighted by Gasteiger charge is -2.23. The average Bonchev–Trinajstić information content (AvgIpc) is 3.09. The van der Waals surface area contributed by atoms with E-state index in [1.54, 1.807) is 0 Å². The molecule has 3 nitrogen and oxygen atoms in total. The van der Waals surface area contributed by atoms with Crippen molar-refractivity contribution in [3.05, 3.63) is 29.8 Å². The van der Waals surface area contributed by atoms with Crippen LogP contribution < -0.4 is 10.1 Å². The van der Waals surface area contributed by atoms with Crippen LogP contribution in [0.25, 0.3) is 0 Å². The minimum atomic E-state index is 0.686. The fourth-order valence-electron chi connectivity index (χ4n) is 2.62. The molecule has 3 rings (SSSR count). The molecule has 1 aliphatic carbocycles. The Hall–Kier alpha value is -1.06. The van der Waals surface area contributed by atoms with E-state index in [4.69, 9.17) is 4.74 Å². The lowest BCUT2D eigenvalue weighted by Crippen LogP contribution is -2.32. The molecule has 1 saturated carbocycles. The van der Waals surface area contributed by atoms with Gasteiger partial charge in [0.15, 0.2) is 0 Å². The Balaban J connectivity index is 1.49. The van der Waals surface area contributed by atoms with Crippen LogP contribution >= 0.6 is 0 Å². The van der Waals surface area contributed by atoms with Gasteiger partial charge in [-0.1, -0.05) is 12.1 Å². The van der Waals surface area contributed by atoms with Gasteiger partial charge in [-0.3, -0.25) is 4.90 Å². The van der Waals surface area contributed by atoms with Crippen LogP contribution in [0.1, 0.15) is 24.8 Å². The summed E-state index contributed by atoms with van der Waals surface area (Å²) in [6.45, 7) is 4.20. The Kier molecular flexibility index (Phi) is 4.04. The van der Waals surface area contributed by atoms with Gasteiger partial charge in [-0.15, -0.1) is 0 Å². The van der Waals surface area contributed by atoms with Crippen LogP contribution in [0.4, 0.5) is 0 Å². The Bertz CT molecular complexity index is 394. The highest BCUT2D eigenvalue weighted by Gasteiger charge is 2.22. The third kappa shape index (κ3) is 3.71. The van der Waals surface area contributed by atoms with E-state index in [-0.39, 0.29) is 0 Å². The maximum atomic E-state index is 5.77. The SMILES string of the molecule is CN(Cc1ccc(OCC2CC2)cc1)C1CCNC1. The molecule has 2 aliphatic rings. The molecule has 0 aromatic heterocycles. The molecule has 1 atom stereocenters. The van der Waals surface area contributed by atoms with Crippen molar-refractivity contribution in [2.24, 2.45) is 5.92 Å². The standard InChI is InChI=1S/C16H24N2O/c1-18(15-8-9-17-10-15)11-13-4-6-16(7-5-13)19-12-14-2-3-14/h4-7,14-15,17H,2-3,8-12H2,1H3. The molecule has 1 aromatic carbocycles. The quantitative estimate of drug-likeness (QED) is 0.849. The van der Waals surface area contributed by atoms with Gasteiger partial charge in [-0.25, -0.2) is 0 Å². The van der Waals surface area contributed by atoms with Gasteiger partial charge in [0.25, 0.3) is 0 Å². The van der Waals surface area contributed by atoms with E-state index in [0.717, 1.165) is 37.9 Å². The summed E-state index contributed by atoms with van der Waals surface area (Å²) < 4.78 is 5.77. The van der Waals surface area contributed by atoms with Gasteiger partial charge >= 0.3 is 0 Å². The Morgan fingerprint density at radius 1 is 1.21 bits per heavy atom. The normalized spacial score (nSPS) is 22.9. The molecule has 1 heterocycles. The number of nitrogens with zero attached hydrogens (tertiary/aromatic N) is 1. The van der Waals surface area contributed by atoms with Gasteiger partial charge in [0.2, 0.25) is 0 Å². The Morgan fingerprint density at radius 3 is 2.63 bits per heavy atom. The van der Waals surface area contributed by atoms with Crippen molar-refractivity contribution in [3.8, 4) is 5.75 Å². The smallest absolute Gasteiger partial charge is 0.119 e. The summed E-state index contributed by atoms with van der Waals surface area (Å²) in [6.07, 6.45) is 3.95. The predicted molar refractivity (Wildman–Crippen MR) is 77.4 cm³/mol. The predicted octanol–water partition coefficient (Wildman–Crippen LogP) is 2.27. The van der Waals surface area contributed by atoms with Crippen molar-refractivity contribution in [2.75, 3.05) is 26.7 Å². The number of benzene rings is 1. The molecule has 19 heavy (non-hydrogen) atoms. The lowest BCUT2D eigenvalue weighted by atomic mass is 10.1. The third-order valence-electron chi connectivity index (χ3n) is 4.20. The molecule has 1 N–H and O–H groups in total. The highest BCUT2D eigenvalue weighted by atomic mass is 16.5. The molecule has 104 valence electrons. The second kappa shape index (κ2) is 5.93. The molecule has 1 aromatic rings. The number of hydrogen-bond donors (Lipinski definition) is 1. The highest BCUT2D eigenvalue weighted by molar-refractivity contribution is 5.27. The zero-order valence-corrected chi connectivity index (χ0v) is 11.8. The summed E-state index contributed by atoms with van der Waals surface area (Å²) in [5.74, 6) is 1.83. The van der Waals surface area contributed by atoms with Crippen molar-refractivity contribution in [1.82, 2.24) is 10.2 Å². The summed E-state index contributed by atoms with van der Waals surface area (Å²) in [4.78, 5) is 2.44. The van der Waals surface area contributed by atoms with Crippen molar-refractivity contribution < 1.29 is 4.74 Å². The summed E-state index contributed by atoms with van der Waals surface area (Å²) >= 11 is 0. The van der Waals surface area contributed by atoms with Gasteiger partial charge in [0.1, 0.15) is 5.75 Å². The van der Waals surface area contributed by atoms with Crippen LogP contribution in [-0.2, 0) is 6.54 Å². The largest absolute Gasteiger partial charge is 0.493 e. The van der Waals surface area contributed by atoms with Crippen LogP contribution in [0.2, 0.25) is 0 Å². The van der Waals surface area contributed by atoms with E-state index in [1.165, 1.54) is 24.8 Å². The zero-order chi connectivity index (χ0) is 13.1. The lowest BCUT2D eigenvalue weighted by molar-refractivity contribution is 0.248. The van der Waals surface area contributed by atoms with Gasteiger partial charge in [0.05, 0.1) is 6.61 Å². The van der Waals surface area contributed by atoms with E-state index in [2.05, 4.69) is 41.5 Å². The molecule has 0 radical (unpaired) electrons. The van der Waals surface area contributed by atoms with Crippen molar-refractivity contribution in [2.45, 2.75) is 31.8 Å². The first-order valence-electron chi connectivity index (χ1n) is 7.44. The van der Waals surface area contributed by atoms with Crippen molar-refractivity contribution in [1.29, 1.82) is 0 Å². The monoisotopic (exact) mass is 260 g/mol. The van der Waals surface area contributed by atoms with E-state index >= 15 is 0 Å². The minimum absolute atomic E-state index is 0.686. The van der Waals surface area contributed by atoms with Gasteiger partial charge < -0.3 is 10.1 Å². The molecule has 1 aliphatic heterocycles. The minimum Gasteiger partial charge on any atom is -0.493 e. The van der Waals surface area contributed by atoms with E-state index in [1.807, 2.05) is 0 Å². The molecule has 1 unspecified atom stereocenters. The molecular formula is C16H24N2O.